The number of pyridine rings is 1. The molecule has 1 rings (SSSR count). The maximum atomic E-state index is 12.0. The maximum absolute atomic E-state index is 12.0. The summed E-state index contributed by atoms with van der Waals surface area (Å²) in [5, 5.41) is 6.20. The van der Waals surface area contributed by atoms with Crippen LogP contribution in [0.5, 0.6) is 0 Å². The first-order chi connectivity index (χ1) is 9.52. The van der Waals surface area contributed by atoms with Crippen molar-refractivity contribution < 1.29 is 4.79 Å². The van der Waals surface area contributed by atoms with Gasteiger partial charge >= 0.3 is 0 Å². The molecule has 1 aromatic rings. The van der Waals surface area contributed by atoms with E-state index in [1.807, 2.05) is 6.92 Å². The van der Waals surface area contributed by atoms with Crippen molar-refractivity contribution >= 4 is 11.7 Å². The van der Waals surface area contributed by atoms with Crippen molar-refractivity contribution in [2.24, 2.45) is 0 Å². The van der Waals surface area contributed by atoms with Crippen LogP contribution in [-0.2, 0) is 0 Å². The summed E-state index contributed by atoms with van der Waals surface area (Å²) in [6.07, 6.45) is 3.63. The van der Waals surface area contributed by atoms with Gasteiger partial charge in [0, 0.05) is 24.3 Å². The quantitative estimate of drug-likeness (QED) is 0.714. The molecule has 0 aromatic carbocycles. The second kappa shape index (κ2) is 8.53. The zero-order chi connectivity index (χ0) is 15.0. The van der Waals surface area contributed by atoms with Crippen molar-refractivity contribution in [3.63, 3.8) is 0 Å². The van der Waals surface area contributed by atoms with Gasteiger partial charge in [-0.15, -0.1) is 0 Å². The molecule has 1 atom stereocenters. The zero-order valence-corrected chi connectivity index (χ0v) is 12.9. The third-order valence-corrected chi connectivity index (χ3v) is 3.10. The minimum absolute atomic E-state index is 0.0434. The summed E-state index contributed by atoms with van der Waals surface area (Å²) in [4.78, 5) is 18.4. The minimum Gasteiger partial charge on any atom is -0.370 e. The molecule has 0 radical (unpaired) electrons. The van der Waals surface area contributed by atoms with E-state index in [-0.39, 0.29) is 11.9 Å². The molecule has 0 fully saturated rings. The highest BCUT2D eigenvalue weighted by molar-refractivity contribution is 5.94. The van der Waals surface area contributed by atoms with Crippen LogP contribution in [0.4, 0.5) is 5.82 Å². The molecule has 112 valence electrons. The van der Waals surface area contributed by atoms with Gasteiger partial charge in [0.05, 0.1) is 0 Å². The van der Waals surface area contributed by atoms with E-state index in [9.17, 15) is 4.79 Å². The van der Waals surface area contributed by atoms with Crippen LogP contribution >= 0.6 is 0 Å². The first-order valence-corrected chi connectivity index (χ1v) is 7.18. The smallest absolute Gasteiger partial charge is 0.251 e. The highest BCUT2D eigenvalue weighted by atomic mass is 16.1. The van der Waals surface area contributed by atoms with E-state index in [1.54, 1.807) is 18.3 Å². The molecular weight excluding hydrogens is 252 g/mol. The van der Waals surface area contributed by atoms with E-state index < -0.39 is 0 Å². The third kappa shape index (κ3) is 6.02. The Morgan fingerprint density at radius 1 is 1.45 bits per heavy atom. The lowest BCUT2D eigenvalue weighted by Gasteiger charge is -2.13. The van der Waals surface area contributed by atoms with E-state index in [4.69, 9.17) is 0 Å². The Morgan fingerprint density at radius 3 is 2.85 bits per heavy atom. The predicted molar refractivity (Wildman–Crippen MR) is 83.1 cm³/mol. The van der Waals surface area contributed by atoms with Gasteiger partial charge in [-0.25, -0.2) is 4.98 Å². The van der Waals surface area contributed by atoms with Gasteiger partial charge in [-0.1, -0.05) is 6.92 Å². The number of carbonyl (C=O) groups is 1. The number of anilines is 1. The molecular formula is C15H26N4O. The number of hydrogen-bond donors (Lipinski definition) is 2. The van der Waals surface area contributed by atoms with Gasteiger partial charge in [-0.05, 0) is 52.5 Å². The molecule has 1 heterocycles. The van der Waals surface area contributed by atoms with Crippen LogP contribution in [0.25, 0.3) is 0 Å². The summed E-state index contributed by atoms with van der Waals surface area (Å²) < 4.78 is 0. The fraction of sp³-hybridized carbons (Fsp3) is 0.600. The molecule has 0 spiro atoms. The summed E-state index contributed by atoms with van der Waals surface area (Å²) in [7, 11) is 4.11. The number of nitrogens with zero attached hydrogens (tertiary/aromatic N) is 2. The Kier molecular flexibility index (Phi) is 7.01. The Hall–Kier alpha value is -1.62. The Labute approximate surface area is 121 Å². The molecule has 20 heavy (non-hydrogen) atoms. The lowest BCUT2D eigenvalue weighted by atomic mass is 10.2. The molecule has 0 aliphatic carbocycles. The molecule has 0 aliphatic heterocycles. The van der Waals surface area contributed by atoms with Crippen LogP contribution in [0.2, 0.25) is 0 Å². The monoisotopic (exact) mass is 278 g/mol. The van der Waals surface area contributed by atoms with Gasteiger partial charge < -0.3 is 15.5 Å². The fourth-order valence-electron chi connectivity index (χ4n) is 1.69. The number of nitrogens with one attached hydrogen (secondary N) is 2. The molecule has 0 bridgehead atoms. The minimum atomic E-state index is -0.0434. The molecule has 0 saturated heterocycles. The lowest BCUT2D eigenvalue weighted by molar-refractivity contribution is 0.0939. The van der Waals surface area contributed by atoms with Gasteiger partial charge in [0.15, 0.2) is 0 Å². The first-order valence-electron chi connectivity index (χ1n) is 7.18. The molecule has 0 saturated carbocycles. The zero-order valence-electron chi connectivity index (χ0n) is 12.9. The summed E-state index contributed by atoms with van der Waals surface area (Å²) in [5.74, 6) is 0.707. The van der Waals surface area contributed by atoms with Gasteiger partial charge in [0.25, 0.3) is 5.91 Å². The van der Waals surface area contributed by atoms with Crippen LogP contribution in [0, 0.1) is 0 Å². The van der Waals surface area contributed by atoms with Crippen molar-refractivity contribution in [1.82, 2.24) is 15.2 Å². The summed E-state index contributed by atoms with van der Waals surface area (Å²) in [6.45, 7) is 5.93. The van der Waals surface area contributed by atoms with Crippen molar-refractivity contribution in [2.75, 3.05) is 32.5 Å². The van der Waals surface area contributed by atoms with Crippen LogP contribution in [0.15, 0.2) is 18.3 Å². The van der Waals surface area contributed by atoms with Gasteiger partial charge in [-0.3, -0.25) is 4.79 Å². The van der Waals surface area contributed by atoms with Crippen molar-refractivity contribution in [1.29, 1.82) is 0 Å². The molecule has 0 aliphatic rings. The van der Waals surface area contributed by atoms with Crippen molar-refractivity contribution in [3.05, 3.63) is 23.9 Å². The average molecular weight is 278 g/mol. The Bertz CT molecular complexity index is 420. The highest BCUT2D eigenvalue weighted by Crippen LogP contribution is 2.07. The van der Waals surface area contributed by atoms with E-state index in [0.29, 0.717) is 5.56 Å². The topological polar surface area (TPSA) is 57.3 Å². The summed E-state index contributed by atoms with van der Waals surface area (Å²) >= 11 is 0. The van der Waals surface area contributed by atoms with Crippen LogP contribution in [-0.4, -0.2) is 49.0 Å². The number of hydrogen-bond acceptors (Lipinski definition) is 4. The predicted octanol–water partition coefficient (Wildman–Crippen LogP) is 1.97. The SMILES string of the molecule is CCC(C)NC(=O)c1ccnc(NCCCN(C)C)c1. The van der Waals surface area contributed by atoms with Gasteiger partial charge in [-0.2, -0.15) is 0 Å². The standard InChI is InChI=1S/C15H26N4O/c1-5-12(2)18-15(20)13-7-9-17-14(11-13)16-8-6-10-19(3)4/h7,9,11-12H,5-6,8,10H2,1-4H3,(H,16,17)(H,18,20). The number of carbonyl (C=O) groups excluding carboxylic acids is 1. The van der Waals surface area contributed by atoms with E-state index in [0.717, 1.165) is 31.7 Å². The number of amides is 1. The normalized spacial score (nSPS) is 12.2. The molecule has 5 nitrogen and oxygen atoms in total. The van der Waals surface area contributed by atoms with Gasteiger partial charge in [0.1, 0.15) is 5.82 Å². The highest BCUT2D eigenvalue weighted by Gasteiger charge is 2.09. The number of rotatable bonds is 8. The van der Waals surface area contributed by atoms with E-state index >= 15 is 0 Å². The van der Waals surface area contributed by atoms with Crippen LogP contribution in [0.3, 0.4) is 0 Å². The molecule has 1 amide bonds. The average Bonchev–Trinajstić information content (AvgIpc) is 2.43. The second-order valence-corrected chi connectivity index (χ2v) is 5.30. The summed E-state index contributed by atoms with van der Waals surface area (Å²) in [5.41, 5.74) is 0.649. The van der Waals surface area contributed by atoms with E-state index in [2.05, 4.69) is 41.5 Å². The largest absolute Gasteiger partial charge is 0.370 e. The first kappa shape index (κ1) is 16.4. The molecule has 5 heteroatoms. The van der Waals surface area contributed by atoms with Crippen molar-refractivity contribution in [3.8, 4) is 0 Å². The van der Waals surface area contributed by atoms with Crippen LogP contribution in [0.1, 0.15) is 37.0 Å². The second-order valence-electron chi connectivity index (χ2n) is 5.30. The fourth-order valence-corrected chi connectivity index (χ4v) is 1.69. The lowest BCUT2D eigenvalue weighted by Crippen LogP contribution is -2.31. The Morgan fingerprint density at radius 2 is 2.20 bits per heavy atom. The van der Waals surface area contributed by atoms with Gasteiger partial charge in [0.2, 0.25) is 0 Å². The summed E-state index contributed by atoms with van der Waals surface area (Å²) in [6, 6.07) is 3.72. The molecule has 2 N–H and O–H groups in total. The van der Waals surface area contributed by atoms with Crippen LogP contribution < -0.4 is 10.6 Å². The Balaban J connectivity index is 2.50. The van der Waals surface area contributed by atoms with E-state index in [1.165, 1.54) is 0 Å². The number of aromatic nitrogens is 1. The molecule has 1 aromatic heterocycles. The van der Waals surface area contributed by atoms with Crippen molar-refractivity contribution in [2.45, 2.75) is 32.7 Å². The third-order valence-electron chi connectivity index (χ3n) is 3.10. The molecule has 1 unspecified atom stereocenters. The maximum Gasteiger partial charge on any atom is 0.251 e.